The third-order valence-corrected chi connectivity index (χ3v) is 5.08. The van der Waals surface area contributed by atoms with Crippen LogP contribution < -0.4 is 5.32 Å². The van der Waals surface area contributed by atoms with E-state index >= 15 is 0 Å². The summed E-state index contributed by atoms with van der Waals surface area (Å²) in [7, 11) is 1.96. The molecule has 0 saturated carbocycles. The van der Waals surface area contributed by atoms with E-state index in [1.807, 2.05) is 17.9 Å². The molecule has 0 spiro atoms. The number of aromatic amines is 1. The summed E-state index contributed by atoms with van der Waals surface area (Å²) < 4.78 is 1.85. The van der Waals surface area contributed by atoms with Crippen LogP contribution in [0.2, 0.25) is 0 Å². The van der Waals surface area contributed by atoms with Gasteiger partial charge in [-0.15, -0.1) is 0 Å². The Morgan fingerprint density at radius 1 is 1.08 bits per heavy atom. The van der Waals surface area contributed by atoms with E-state index in [-0.39, 0.29) is 0 Å². The lowest BCUT2D eigenvalue weighted by Gasteiger charge is -2.10. The number of nitrogens with zero attached hydrogens (tertiary/aromatic N) is 2. The first kappa shape index (κ1) is 15.5. The van der Waals surface area contributed by atoms with Crippen molar-refractivity contribution in [3.05, 3.63) is 53.0 Å². The first-order valence-electron chi connectivity index (χ1n) is 9.10. The zero-order valence-corrected chi connectivity index (χ0v) is 14.4. The Hall–Kier alpha value is -2.07. The van der Waals surface area contributed by atoms with Crippen LogP contribution >= 0.6 is 0 Å². The van der Waals surface area contributed by atoms with Crippen molar-refractivity contribution in [2.45, 2.75) is 51.6 Å². The van der Waals surface area contributed by atoms with E-state index in [9.17, 15) is 0 Å². The van der Waals surface area contributed by atoms with E-state index in [1.165, 1.54) is 66.2 Å². The molecule has 0 amide bonds. The van der Waals surface area contributed by atoms with Crippen molar-refractivity contribution in [1.29, 1.82) is 0 Å². The van der Waals surface area contributed by atoms with E-state index in [0.717, 1.165) is 13.1 Å². The molecule has 0 radical (unpaired) electrons. The van der Waals surface area contributed by atoms with Crippen molar-refractivity contribution >= 4 is 10.9 Å². The van der Waals surface area contributed by atoms with Gasteiger partial charge in [0.15, 0.2) is 0 Å². The molecule has 0 saturated heterocycles. The second-order valence-corrected chi connectivity index (χ2v) is 7.00. The van der Waals surface area contributed by atoms with Crippen LogP contribution in [0.3, 0.4) is 0 Å². The predicted octanol–water partition coefficient (Wildman–Crippen LogP) is 3.85. The number of aryl methyl sites for hydroxylation is 3. The summed E-state index contributed by atoms with van der Waals surface area (Å²) in [5.74, 6) is 0. The molecule has 2 aromatic heterocycles. The van der Waals surface area contributed by atoms with Gasteiger partial charge in [-0.25, -0.2) is 0 Å². The third kappa shape index (κ3) is 3.24. The first-order valence-corrected chi connectivity index (χ1v) is 9.10. The molecule has 2 heterocycles. The van der Waals surface area contributed by atoms with Gasteiger partial charge < -0.3 is 10.3 Å². The Bertz CT molecular complexity index is 827. The molecule has 4 heteroatoms. The zero-order valence-electron chi connectivity index (χ0n) is 14.4. The van der Waals surface area contributed by atoms with E-state index in [1.54, 1.807) is 5.56 Å². The second-order valence-electron chi connectivity index (χ2n) is 7.00. The molecule has 0 atom stereocenters. The van der Waals surface area contributed by atoms with E-state index in [2.05, 4.69) is 39.8 Å². The van der Waals surface area contributed by atoms with Crippen molar-refractivity contribution in [1.82, 2.24) is 20.1 Å². The minimum atomic E-state index is 0.858. The van der Waals surface area contributed by atoms with Crippen LogP contribution in [0.15, 0.2) is 30.6 Å². The molecule has 126 valence electrons. The fourth-order valence-electron chi connectivity index (χ4n) is 3.83. The number of H-pyrrole nitrogens is 1. The van der Waals surface area contributed by atoms with Crippen LogP contribution in [0.5, 0.6) is 0 Å². The molecule has 1 aromatic carbocycles. The van der Waals surface area contributed by atoms with Gasteiger partial charge in [-0.1, -0.05) is 18.9 Å². The lowest BCUT2D eigenvalue weighted by Crippen LogP contribution is -2.12. The van der Waals surface area contributed by atoms with E-state index < -0.39 is 0 Å². The van der Waals surface area contributed by atoms with Crippen LogP contribution in [0.25, 0.3) is 10.9 Å². The molecule has 1 aliphatic rings. The highest BCUT2D eigenvalue weighted by molar-refractivity contribution is 5.85. The van der Waals surface area contributed by atoms with Gasteiger partial charge in [0.1, 0.15) is 0 Å². The smallest absolute Gasteiger partial charge is 0.0534 e. The molecule has 2 N–H and O–H groups in total. The van der Waals surface area contributed by atoms with Gasteiger partial charge in [0.25, 0.3) is 0 Å². The SMILES string of the molecule is Cn1cc(CNCc2ccc3[nH]c4c(c3c2)CCCCCC4)cn1. The van der Waals surface area contributed by atoms with Crippen molar-refractivity contribution < 1.29 is 0 Å². The maximum Gasteiger partial charge on any atom is 0.0534 e. The van der Waals surface area contributed by atoms with Gasteiger partial charge in [0.05, 0.1) is 6.20 Å². The Morgan fingerprint density at radius 2 is 1.92 bits per heavy atom. The van der Waals surface area contributed by atoms with Gasteiger partial charge in [0, 0.05) is 48.5 Å². The third-order valence-electron chi connectivity index (χ3n) is 5.08. The number of rotatable bonds is 4. The minimum Gasteiger partial charge on any atom is -0.358 e. The summed E-state index contributed by atoms with van der Waals surface area (Å²) in [6, 6.07) is 6.87. The predicted molar refractivity (Wildman–Crippen MR) is 97.9 cm³/mol. The van der Waals surface area contributed by atoms with Gasteiger partial charge in [-0.05, 0) is 48.9 Å². The van der Waals surface area contributed by atoms with E-state index in [4.69, 9.17) is 0 Å². The normalized spacial score (nSPS) is 15.2. The van der Waals surface area contributed by atoms with Crippen molar-refractivity contribution in [3.8, 4) is 0 Å². The summed E-state index contributed by atoms with van der Waals surface area (Å²) >= 11 is 0. The van der Waals surface area contributed by atoms with Crippen LogP contribution in [0.4, 0.5) is 0 Å². The molecule has 4 nitrogen and oxygen atoms in total. The number of benzene rings is 1. The number of aromatic nitrogens is 3. The van der Waals surface area contributed by atoms with Crippen LogP contribution in [0.1, 0.15) is 48.1 Å². The largest absolute Gasteiger partial charge is 0.358 e. The number of hydrogen-bond acceptors (Lipinski definition) is 2. The van der Waals surface area contributed by atoms with Crippen molar-refractivity contribution in [2.24, 2.45) is 7.05 Å². The molecule has 0 unspecified atom stereocenters. The van der Waals surface area contributed by atoms with Gasteiger partial charge in [-0.2, -0.15) is 5.10 Å². The molecule has 0 fully saturated rings. The zero-order chi connectivity index (χ0) is 16.4. The Labute approximate surface area is 143 Å². The van der Waals surface area contributed by atoms with Crippen LogP contribution in [0, 0.1) is 0 Å². The average Bonchev–Trinajstić information content (AvgIpc) is 3.10. The standard InChI is InChI=1S/C20H26N4/c1-24-14-16(13-22-24)12-21-11-15-8-9-20-18(10-15)17-6-4-2-3-5-7-19(17)23-20/h8-10,13-14,21,23H,2-7,11-12H2,1H3. The molecule has 24 heavy (non-hydrogen) atoms. The Kier molecular flexibility index (Phi) is 4.39. The molecule has 0 aliphatic heterocycles. The molecular weight excluding hydrogens is 296 g/mol. The lowest BCUT2D eigenvalue weighted by molar-refractivity contribution is 0.614. The molecule has 1 aliphatic carbocycles. The maximum absolute atomic E-state index is 4.21. The van der Waals surface area contributed by atoms with Crippen molar-refractivity contribution in [3.63, 3.8) is 0 Å². The second kappa shape index (κ2) is 6.81. The van der Waals surface area contributed by atoms with Gasteiger partial charge >= 0.3 is 0 Å². The molecular formula is C20H26N4. The molecule has 4 rings (SSSR count). The Balaban J connectivity index is 1.50. The Morgan fingerprint density at radius 3 is 2.75 bits per heavy atom. The highest BCUT2D eigenvalue weighted by Crippen LogP contribution is 2.28. The fraction of sp³-hybridized carbons (Fsp3) is 0.450. The highest BCUT2D eigenvalue weighted by Gasteiger charge is 2.13. The number of fused-ring (bicyclic) bond motifs is 3. The summed E-state index contributed by atoms with van der Waals surface area (Å²) in [5, 5.41) is 9.18. The average molecular weight is 322 g/mol. The first-order chi connectivity index (χ1) is 11.8. The highest BCUT2D eigenvalue weighted by atomic mass is 15.2. The summed E-state index contributed by atoms with van der Waals surface area (Å²) in [6.45, 7) is 1.75. The lowest BCUT2D eigenvalue weighted by atomic mass is 9.96. The minimum absolute atomic E-state index is 0.858. The summed E-state index contributed by atoms with van der Waals surface area (Å²) in [4.78, 5) is 3.66. The van der Waals surface area contributed by atoms with Crippen LogP contribution in [-0.4, -0.2) is 14.8 Å². The number of hydrogen-bond donors (Lipinski definition) is 2. The van der Waals surface area contributed by atoms with Gasteiger partial charge in [-0.3, -0.25) is 4.68 Å². The monoisotopic (exact) mass is 322 g/mol. The van der Waals surface area contributed by atoms with Crippen LogP contribution in [-0.2, 0) is 33.0 Å². The molecule has 3 aromatic rings. The quantitative estimate of drug-likeness (QED) is 0.766. The number of nitrogens with one attached hydrogen (secondary N) is 2. The maximum atomic E-state index is 4.21. The molecule has 0 bridgehead atoms. The fourth-order valence-corrected chi connectivity index (χ4v) is 3.83. The summed E-state index contributed by atoms with van der Waals surface area (Å²) in [6.07, 6.45) is 11.8. The van der Waals surface area contributed by atoms with Crippen molar-refractivity contribution in [2.75, 3.05) is 0 Å². The van der Waals surface area contributed by atoms with E-state index in [0.29, 0.717) is 0 Å². The summed E-state index contributed by atoms with van der Waals surface area (Å²) in [5.41, 5.74) is 6.93. The van der Waals surface area contributed by atoms with Gasteiger partial charge in [0.2, 0.25) is 0 Å². The topological polar surface area (TPSA) is 45.6 Å².